The van der Waals surface area contributed by atoms with E-state index in [0.29, 0.717) is 11.1 Å². The summed E-state index contributed by atoms with van der Waals surface area (Å²) in [5, 5.41) is 9.85. The van der Waals surface area contributed by atoms with Gasteiger partial charge in [-0.15, -0.1) is 0 Å². The molecule has 0 spiro atoms. The highest BCUT2D eigenvalue weighted by Gasteiger charge is 2.18. The second kappa shape index (κ2) is 4.49. The maximum absolute atomic E-state index is 14.1. The average Bonchev–Trinajstić information content (AvgIpc) is 2.45. The first-order valence-electron chi connectivity index (χ1n) is 6.10. The lowest BCUT2D eigenvalue weighted by molar-refractivity contribution is 0.371. The molecule has 100 valence electrons. The molecule has 0 bridgehead atoms. The summed E-state index contributed by atoms with van der Waals surface area (Å²) in [6, 6.07) is 10.4. The van der Waals surface area contributed by atoms with Crippen molar-refractivity contribution in [2.24, 2.45) is 0 Å². The predicted molar refractivity (Wildman–Crippen MR) is 74.3 cm³/mol. The summed E-state index contributed by atoms with van der Waals surface area (Å²) in [7, 11) is 0. The standard InChI is InChI=1S/C16H11FO3/c1-9-12(18)8-7-11-14(19)13(16(17)20-15(9)11)10-5-3-2-4-6-10/h2-8,18H,1H3. The number of aromatic hydroxyl groups is 1. The number of benzene rings is 2. The number of halogens is 1. The Bertz CT molecular complexity index is 851. The highest BCUT2D eigenvalue weighted by molar-refractivity contribution is 5.85. The fourth-order valence-electron chi connectivity index (χ4n) is 2.21. The van der Waals surface area contributed by atoms with Crippen molar-refractivity contribution >= 4 is 11.0 Å². The number of hydrogen-bond acceptors (Lipinski definition) is 3. The first-order chi connectivity index (χ1) is 9.59. The molecule has 3 aromatic rings. The lowest BCUT2D eigenvalue weighted by Gasteiger charge is -2.07. The molecule has 0 unspecified atom stereocenters. The normalized spacial score (nSPS) is 10.9. The van der Waals surface area contributed by atoms with E-state index in [0.717, 1.165) is 0 Å². The predicted octanol–water partition coefficient (Wildman–Crippen LogP) is 3.61. The van der Waals surface area contributed by atoms with Crippen LogP contribution in [0.1, 0.15) is 5.56 Å². The molecule has 20 heavy (non-hydrogen) atoms. The molecule has 0 saturated carbocycles. The fraction of sp³-hybridized carbons (Fsp3) is 0.0625. The minimum absolute atomic E-state index is 0.0347. The highest BCUT2D eigenvalue weighted by Crippen LogP contribution is 2.28. The van der Waals surface area contributed by atoms with E-state index < -0.39 is 11.4 Å². The maximum atomic E-state index is 14.1. The SMILES string of the molecule is Cc1c(O)ccc2c(=O)c(-c3ccccc3)c(F)oc12. The topological polar surface area (TPSA) is 50.4 Å². The van der Waals surface area contributed by atoms with Crippen molar-refractivity contribution < 1.29 is 13.9 Å². The molecule has 3 rings (SSSR count). The molecule has 3 nitrogen and oxygen atoms in total. The van der Waals surface area contributed by atoms with E-state index in [9.17, 15) is 14.3 Å². The molecule has 4 heteroatoms. The van der Waals surface area contributed by atoms with E-state index in [2.05, 4.69) is 0 Å². The Labute approximate surface area is 113 Å². The Hall–Kier alpha value is -2.62. The van der Waals surface area contributed by atoms with Crippen LogP contribution in [0, 0.1) is 12.9 Å². The van der Waals surface area contributed by atoms with Gasteiger partial charge in [0.15, 0.2) is 0 Å². The van der Waals surface area contributed by atoms with E-state index in [1.54, 1.807) is 37.3 Å². The van der Waals surface area contributed by atoms with E-state index in [4.69, 9.17) is 4.42 Å². The largest absolute Gasteiger partial charge is 0.508 e. The van der Waals surface area contributed by atoms with Crippen LogP contribution in [0.15, 0.2) is 51.7 Å². The van der Waals surface area contributed by atoms with Gasteiger partial charge in [0.2, 0.25) is 5.43 Å². The van der Waals surface area contributed by atoms with Crippen LogP contribution in [0.25, 0.3) is 22.1 Å². The van der Waals surface area contributed by atoms with Gasteiger partial charge in [0, 0.05) is 5.56 Å². The Balaban J connectivity index is 2.43. The van der Waals surface area contributed by atoms with Crippen LogP contribution in [0.2, 0.25) is 0 Å². The molecule has 0 aliphatic heterocycles. The molecular weight excluding hydrogens is 259 g/mol. The zero-order valence-corrected chi connectivity index (χ0v) is 10.7. The van der Waals surface area contributed by atoms with E-state index in [1.165, 1.54) is 12.1 Å². The Morgan fingerprint density at radius 3 is 2.50 bits per heavy atom. The summed E-state index contributed by atoms with van der Waals surface area (Å²) in [6.07, 6.45) is 0. The van der Waals surface area contributed by atoms with Gasteiger partial charge in [-0.25, -0.2) is 0 Å². The van der Waals surface area contributed by atoms with E-state index in [-0.39, 0.29) is 22.3 Å². The Morgan fingerprint density at radius 1 is 1.10 bits per heavy atom. The minimum atomic E-state index is -0.942. The number of hydrogen-bond donors (Lipinski definition) is 1. The smallest absolute Gasteiger partial charge is 0.290 e. The van der Waals surface area contributed by atoms with Crippen molar-refractivity contribution in [3.05, 3.63) is 64.3 Å². The van der Waals surface area contributed by atoms with Gasteiger partial charge in [-0.3, -0.25) is 4.79 Å². The van der Waals surface area contributed by atoms with Crippen molar-refractivity contribution in [1.29, 1.82) is 0 Å². The van der Waals surface area contributed by atoms with Gasteiger partial charge in [-0.1, -0.05) is 30.3 Å². The van der Waals surface area contributed by atoms with Crippen LogP contribution < -0.4 is 5.43 Å². The number of fused-ring (bicyclic) bond motifs is 1. The number of rotatable bonds is 1. The molecule has 1 aromatic heterocycles. The van der Waals surface area contributed by atoms with Crippen LogP contribution in [0.4, 0.5) is 4.39 Å². The summed E-state index contributed by atoms with van der Waals surface area (Å²) in [4.78, 5) is 12.4. The van der Waals surface area contributed by atoms with Crippen LogP contribution >= 0.6 is 0 Å². The third-order valence-corrected chi connectivity index (χ3v) is 3.30. The lowest BCUT2D eigenvalue weighted by Crippen LogP contribution is -2.08. The lowest BCUT2D eigenvalue weighted by atomic mass is 10.0. The zero-order chi connectivity index (χ0) is 14.3. The molecule has 1 N–H and O–H groups in total. The van der Waals surface area contributed by atoms with Gasteiger partial charge in [0.1, 0.15) is 16.9 Å². The third-order valence-electron chi connectivity index (χ3n) is 3.30. The molecule has 0 aliphatic rings. The van der Waals surface area contributed by atoms with Crippen molar-refractivity contribution in [2.75, 3.05) is 0 Å². The average molecular weight is 270 g/mol. The van der Waals surface area contributed by atoms with Crippen LogP contribution in [0.3, 0.4) is 0 Å². The summed E-state index contributed by atoms with van der Waals surface area (Å²) in [5.74, 6) is -0.0347. The van der Waals surface area contributed by atoms with Crippen molar-refractivity contribution in [3.8, 4) is 16.9 Å². The van der Waals surface area contributed by atoms with Crippen LogP contribution in [-0.2, 0) is 0 Å². The number of aryl methyl sites for hydroxylation is 1. The van der Waals surface area contributed by atoms with Gasteiger partial charge in [0.25, 0.3) is 6.01 Å². The Kier molecular flexibility index (Phi) is 2.79. The maximum Gasteiger partial charge on any atom is 0.290 e. The molecule has 0 radical (unpaired) electrons. The quantitative estimate of drug-likeness (QED) is 0.734. The number of phenols is 1. The monoisotopic (exact) mass is 270 g/mol. The van der Waals surface area contributed by atoms with Gasteiger partial charge in [-0.05, 0) is 24.6 Å². The molecule has 0 atom stereocenters. The summed E-state index contributed by atoms with van der Waals surface area (Å²) >= 11 is 0. The fourth-order valence-corrected chi connectivity index (χ4v) is 2.21. The van der Waals surface area contributed by atoms with Gasteiger partial charge < -0.3 is 9.52 Å². The van der Waals surface area contributed by atoms with Crippen LogP contribution in [-0.4, -0.2) is 5.11 Å². The first-order valence-corrected chi connectivity index (χ1v) is 6.10. The van der Waals surface area contributed by atoms with Crippen molar-refractivity contribution in [1.82, 2.24) is 0 Å². The summed E-state index contributed by atoms with van der Waals surface area (Å²) in [6.45, 7) is 1.57. The van der Waals surface area contributed by atoms with Crippen LogP contribution in [0.5, 0.6) is 5.75 Å². The molecule has 0 aliphatic carbocycles. The van der Waals surface area contributed by atoms with Gasteiger partial charge in [-0.2, -0.15) is 4.39 Å². The zero-order valence-electron chi connectivity index (χ0n) is 10.7. The number of phenolic OH excluding ortho intramolecular Hbond substituents is 1. The van der Waals surface area contributed by atoms with Gasteiger partial charge in [0.05, 0.1) is 5.39 Å². The molecule has 0 fully saturated rings. The molecule has 1 heterocycles. The summed E-state index contributed by atoms with van der Waals surface area (Å²) < 4.78 is 19.2. The second-order valence-corrected chi connectivity index (χ2v) is 4.53. The molecule has 2 aromatic carbocycles. The van der Waals surface area contributed by atoms with E-state index in [1.807, 2.05) is 0 Å². The highest BCUT2D eigenvalue weighted by atomic mass is 19.1. The molecule has 0 amide bonds. The molecule has 0 saturated heterocycles. The van der Waals surface area contributed by atoms with Gasteiger partial charge >= 0.3 is 0 Å². The molecular formula is C16H11FO3. The van der Waals surface area contributed by atoms with Crippen molar-refractivity contribution in [2.45, 2.75) is 6.92 Å². The second-order valence-electron chi connectivity index (χ2n) is 4.53. The van der Waals surface area contributed by atoms with Crippen molar-refractivity contribution in [3.63, 3.8) is 0 Å². The first kappa shape index (κ1) is 12.4. The van der Waals surface area contributed by atoms with E-state index >= 15 is 0 Å². The Morgan fingerprint density at radius 2 is 1.80 bits per heavy atom. The minimum Gasteiger partial charge on any atom is -0.508 e. The third kappa shape index (κ3) is 1.77. The summed E-state index contributed by atoms with van der Waals surface area (Å²) in [5.41, 5.74) is 0.345.